The Labute approximate surface area is 193 Å². The first-order chi connectivity index (χ1) is 16.0. The number of hydrogen-bond acceptors (Lipinski definition) is 3. The molecule has 3 aromatic rings. The molecule has 1 fully saturated rings. The molecular weight excluding hydrogens is 419 g/mol. The Morgan fingerprint density at radius 2 is 1.85 bits per heavy atom. The lowest BCUT2D eigenvalue weighted by atomic mass is 9.95. The fourth-order valence-corrected chi connectivity index (χ4v) is 4.21. The summed E-state index contributed by atoms with van der Waals surface area (Å²) in [4.78, 5) is 27.6. The first-order valence-corrected chi connectivity index (χ1v) is 11.1. The van der Waals surface area contributed by atoms with Crippen molar-refractivity contribution in [3.8, 4) is 16.9 Å². The van der Waals surface area contributed by atoms with E-state index >= 15 is 0 Å². The third kappa shape index (κ3) is 5.58. The SMILES string of the molecule is COc1ccccc1CC(=O)N1CCNC(=O)[C@@H](Cc2cccc(-c3ccc(F)cc3)c2)C1. The van der Waals surface area contributed by atoms with E-state index < -0.39 is 0 Å². The predicted octanol–water partition coefficient (Wildman–Crippen LogP) is 3.86. The molecule has 4 rings (SSSR count). The van der Waals surface area contributed by atoms with E-state index in [1.807, 2.05) is 48.5 Å². The van der Waals surface area contributed by atoms with Gasteiger partial charge >= 0.3 is 0 Å². The molecule has 0 aromatic heterocycles. The number of benzene rings is 3. The molecule has 0 saturated carbocycles. The summed E-state index contributed by atoms with van der Waals surface area (Å²) in [6.07, 6.45) is 0.740. The summed E-state index contributed by atoms with van der Waals surface area (Å²) < 4.78 is 18.6. The van der Waals surface area contributed by atoms with Crippen molar-refractivity contribution in [2.45, 2.75) is 12.8 Å². The van der Waals surface area contributed by atoms with Gasteiger partial charge in [-0.05, 0) is 41.3 Å². The maximum Gasteiger partial charge on any atom is 0.227 e. The number of rotatable bonds is 6. The van der Waals surface area contributed by atoms with Crippen molar-refractivity contribution < 1.29 is 18.7 Å². The van der Waals surface area contributed by atoms with Crippen LogP contribution in [0.15, 0.2) is 72.8 Å². The average molecular weight is 447 g/mol. The van der Waals surface area contributed by atoms with Crippen LogP contribution in [0.3, 0.4) is 0 Å². The summed E-state index contributed by atoms with van der Waals surface area (Å²) in [5.74, 6) is -0.0135. The maximum atomic E-state index is 13.3. The van der Waals surface area contributed by atoms with Gasteiger partial charge in [-0.2, -0.15) is 0 Å². The highest BCUT2D eigenvalue weighted by atomic mass is 19.1. The van der Waals surface area contributed by atoms with Gasteiger partial charge in [0.25, 0.3) is 0 Å². The Morgan fingerprint density at radius 3 is 2.64 bits per heavy atom. The Balaban J connectivity index is 1.48. The van der Waals surface area contributed by atoms with Crippen LogP contribution >= 0.6 is 0 Å². The normalized spacial score (nSPS) is 16.1. The van der Waals surface area contributed by atoms with Gasteiger partial charge in [0.05, 0.1) is 19.4 Å². The zero-order valence-electron chi connectivity index (χ0n) is 18.6. The molecule has 5 nitrogen and oxygen atoms in total. The number of para-hydroxylation sites is 1. The first kappa shape index (κ1) is 22.5. The number of methoxy groups -OCH3 is 1. The van der Waals surface area contributed by atoms with Crippen LogP contribution in [0.5, 0.6) is 5.75 Å². The van der Waals surface area contributed by atoms with Gasteiger partial charge in [-0.1, -0.05) is 54.6 Å². The lowest BCUT2D eigenvalue weighted by Gasteiger charge is -2.24. The zero-order chi connectivity index (χ0) is 23.2. The van der Waals surface area contributed by atoms with E-state index in [2.05, 4.69) is 5.32 Å². The van der Waals surface area contributed by atoms with Crippen molar-refractivity contribution >= 4 is 11.8 Å². The molecule has 0 unspecified atom stereocenters. The minimum absolute atomic E-state index is 0.0268. The second-order valence-corrected chi connectivity index (χ2v) is 8.23. The van der Waals surface area contributed by atoms with Crippen molar-refractivity contribution in [1.29, 1.82) is 0 Å². The topological polar surface area (TPSA) is 58.6 Å². The van der Waals surface area contributed by atoms with Gasteiger partial charge in [-0.3, -0.25) is 9.59 Å². The van der Waals surface area contributed by atoms with E-state index in [1.165, 1.54) is 12.1 Å². The number of ether oxygens (including phenoxy) is 1. The molecule has 1 saturated heterocycles. The third-order valence-electron chi connectivity index (χ3n) is 5.97. The van der Waals surface area contributed by atoms with Gasteiger partial charge in [0.1, 0.15) is 11.6 Å². The van der Waals surface area contributed by atoms with Crippen molar-refractivity contribution in [1.82, 2.24) is 10.2 Å². The van der Waals surface area contributed by atoms with Crippen molar-refractivity contribution in [2.75, 3.05) is 26.7 Å². The quantitative estimate of drug-likeness (QED) is 0.626. The van der Waals surface area contributed by atoms with E-state index in [0.717, 1.165) is 22.3 Å². The third-order valence-corrected chi connectivity index (χ3v) is 5.97. The summed E-state index contributed by atoms with van der Waals surface area (Å²) in [5.41, 5.74) is 3.70. The van der Waals surface area contributed by atoms with Crippen molar-refractivity contribution in [3.63, 3.8) is 0 Å². The van der Waals surface area contributed by atoms with Gasteiger partial charge in [-0.25, -0.2) is 4.39 Å². The Kier molecular flexibility index (Phi) is 7.03. The smallest absolute Gasteiger partial charge is 0.227 e. The number of carbonyl (C=O) groups is 2. The first-order valence-electron chi connectivity index (χ1n) is 11.1. The molecule has 1 aliphatic rings. The molecule has 1 atom stereocenters. The number of amides is 2. The van der Waals surface area contributed by atoms with Gasteiger partial charge in [0, 0.05) is 25.2 Å². The molecule has 1 heterocycles. The molecule has 1 N–H and O–H groups in total. The number of hydrogen-bond donors (Lipinski definition) is 1. The average Bonchev–Trinajstić information content (AvgIpc) is 3.01. The van der Waals surface area contributed by atoms with Gasteiger partial charge in [-0.15, -0.1) is 0 Å². The van der Waals surface area contributed by atoms with E-state index in [1.54, 1.807) is 24.1 Å². The van der Waals surface area contributed by atoms with Crippen LogP contribution in [-0.2, 0) is 22.4 Å². The summed E-state index contributed by atoms with van der Waals surface area (Å²) in [5, 5.41) is 2.94. The molecular formula is C27H27FN2O3. The minimum Gasteiger partial charge on any atom is -0.496 e. The summed E-state index contributed by atoms with van der Waals surface area (Å²) in [6, 6.07) is 21.7. The Bertz CT molecular complexity index is 1130. The number of nitrogens with one attached hydrogen (secondary N) is 1. The lowest BCUT2D eigenvalue weighted by molar-refractivity contribution is -0.131. The molecule has 3 aromatic carbocycles. The van der Waals surface area contributed by atoms with Crippen molar-refractivity contribution in [2.24, 2.45) is 5.92 Å². The summed E-state index contributed by atoms with van der Waals surface area (Å²) >= 11 is 0. The van der Waals surface area contributed by atoms with E-state index in [9.17, 15) is 14.0 Å². The Hall–Kier alpha value is -3.67. The highest BCUT2D eigenvalue weighted by molar-refractivity contribution is 5.83. The molecule has 0 aliphatic carbocycles. The fourth-order valence-electron chi connectivity index (χ4n) is 4.21. The van der Waals surface area contributed by atoms with Crippen LogP contribution in [0, 0.1) is 11.7 Å². The molecule has 2 amide bonds. The molecule has 33 heavy (non-hydrogen) atoms. The lowest BCUT2D eigenvalue weighted by Crippen LogP contribution is -2.38. The molecule has 1 aliphatic heterocycles. The van der Waals surface area contributed by atoms with Crippen LogP contribution in [0.25, 0.3) is 11.1 Å². The monoisotopic (exact) mass is 446 g/mol. The van der Waals surface area contributed by atoms with Crippen LogP contribution in [-0.4, -0.2) is 43.5 Å². The van der Waals surface area contributed by atoms with E-state index in [4.69, 9.17) is 4.74 Å². The summed E-state index contributed by atoms with van der Waals surface area (Å²) in [6.45, 7) is 1.27. The molecule has 0 spiro atoms. The molecule has 0 bridgehead atoms. The molecule has 6 heteroatoms. The molecule has 170 valence electrons. The predicted molar refractivity (Wildman–Crippen MR) is 125 cm³/mol. The second kappa shape index (κ2) is 10.3. The van der Waals surface area contributed by atoms with Crippen LogP contribution in [0.4, 0.5) is 4.39 Å². The van der Waals surface area contributed by atoms with Crippen LogP contribution < -0.4 is 10.1 Å². The number of nitrogens with zero attached hydrogens (tertiary/aromatic N) is 1. The van der Waals surface area contributed by atoms with Gasteiger partial charge in [0.15, 0.2) is 0 Å². The van der Waals surface area contributed by atoms with E-state index in [-0.39, 0.29) is 30.0 Å². The highest BCUT2D eigenvalue weighted by Gasteiger charge is 2.28. The molecule has 0 radical (unpaired) electrons. The summed E-state index contributed by atoms with van der Waals surface area (Å²) in [7, 11) is 1.59. The highest BCUT2D eigenvalue weighted by Crippen LogP contribution is 2.23. The van der Waals surface area contributed by atoms with Gasteiger partial charge < -0.3 is 15.0 Å². The Morgan fingerprint density at radius 1 is 1.06 bits per heavy atom. The number of halogens is 1. The maximum absolute atomic E-state index is 13.3. The zero-order valence-corrected chi connectivity index (χ0v) is 18.6. The standard InChI is InChI=1S/C27H27FN2O3/c1-33-25-8-3-2-6-22(25)17-26(31)30-14-13-29-27(32)23(18-30)16-19-5-4-7-21(15-19)20-9-11-24(28)12-10-20/h2-12,15,23H,13-14,16-18H2,1H3,(H,29,32)/t23-/m0/s1. The number of carbonyl (C=O) groups excluding carboxylic acids is 2. The second-order valence-electron chi connectivity index (χ2n) is 8.23. The van der Waals surface area contributed by atoms with Crippen molar-refractivity contribution in [3.05, 3.63) is 89.7 Å². The van der Waals surface area contributed by atoms with E-state index in [0.29, 0.717) is 31.8 Å². The van der Waals surface area contributed by atoms with Gasteiger partial charge in [0.2, 0.25) is 11.8 Å². The fraction of sp³-hybridized carbons (Fsp3) is 0.259. The minimum atomic E-state index is -0.349. The van der Waals surface area contributed by atoms with Crippen LogP contribution in [0.2, 0.25) is 0 Å². The van der Waals surface area contributed by atoms with Crippen LogP contribution in [0.1, 0.15) is 11.1 Å². The largest absolute Gasteiger partial charge is 0.496 e.